The number of benzene rings is 1. The fourth-order valence-electron chi connectivity index (χ4n) is 3.89. The van der Waals surface area contributed by atoms with Crippen LogP contribution in [0, 0.1) is 5.92 Å². The molecule has 2 atom stereocenters. The molecule has 2 fully saturated rings. The number of sulfonamides is 2. The molecule has 0 heterocycles. The van der Waals surface area contributed by atoms with Crippen LogP contribution in [-0.2, 0) is 20.0 Å². The Morgan fingerprint density at radius 3 is 1.73 bits per heavy atom. The third kappa shape index (κ3) is 4.65. The van der Waals surface area contributed by atoms with Crippen LogP contribution < -0.4 is 9.44 Å². The summed E-state index contributed by atoms with van der Waals surface area (Å²) in [4.78, 5) is 0.212. The third-order valence-corrected chi connectivity index (χ3v) is 8.58. The van der Waals surface area contributed by atoms with Crippen LogP contribution in [0.5, 0.6) is 0 Å². The van der Waals surface area contributed by atoms with E-state index in [9.17, 15) is 16.8 Å². The molecule has 0 bridgehead atoms. The van der Waals surface area contributed by atoms with E-state index >= 15 is 0 Å². The molecule has 2 saturated carbocycles. The van der Waals surface area contributed by atoms with Gasteiger partial charge in [0.2, 0.25) is 20.0 Å². The van der Waals surface area contributed by atoms with Crippen LogP contribution in [0.25, 0.3) is 0 Å². The molecule has 146 valence electrons. The lowest BCUT2D eigenvalue weighted by atomic mass is 9.87. The molecular formula is C18H28N2O4S2. The highest BCUT2D eigenvalue weighted by atomic mass is 32.2. The van der Waals surface area contributed by atoms with E-state index in [1.807, 2.05) is 0 Å². The average molecular weight is 401 g/mol. The molecule has 2 aliphatic rings. The van der Waals surface area contributed by atoms with Gasteiger partial charge in [-0.3, -0.25) is 0 Å². The molecule has 0 aromatic heterocycles. The Balaban J connectivity index is 1.71. The summed E-state index contributed by atoms with van der Waals surface area (Å²) in [5.41, 5.74) is 0. The van der Waals surface area contributed by atoms with Crippen molar-refractivity contribution < 1.29 is 16.8 Å². The second-order valence-corrected chi connectivity index (χ2v) is 11.0. The predicted molar refractivity (Wildman–Crippen MR) is 101 cm³/mol. The lowest BCUT2D eigenvalue weighted by molar-refractivity contribution is 0.310. The van der Waals surface area contributed by atoms with Crippen LogP contribution in [-0.4, -0.2) is 28.9 Å². The van der Waals surface area contributed by atoms with Gasteiger partial charge in [0, 0.05) is 12.1 Å². The van der Waals surface area contributed by atoms with E-state index in [-0.39, 0.29) is 21.9 Å². The molecule has 0 amide bonds. The Kier molecular flexibility index (Phi) is 6.06. The van der Waals surface area contributed by atoms with Crippen molar-refractivity contribution in [1.82, 2.24) is 9.44 Å². The van der Waals surface area contributed by atoms with Crippen LogP contribution in [0.2, 0.25) is 0 Å². The van der Waals surface area contributed by atoms with E-state index in [0.717, 1.165) is 51.4 Å². The van der Waals surface area contributed by atoms with Gasteiger partial charge < -0.3 is 0 Å². The molecule has 1 aromatic rings. The zero-order valence-electron chi connectivity index (χ0n) is 15.1. The van der Waals surface area contributed by atoms with E-state index in [2.05, 4.69) is 16.4 Å². The van der Waals surface area contributed by atoms with Crippen LogP contribution in [0.3, 0.4) is 0 Å². The van der Waals surface area contributed by atoms with Crippen molar-refractivity contribution in [2.24, 2.45) is 5.92 Å². The predicted octanol–water partition coefficient (Wildman–Crippen LogP) is 2.76. The van der Waals surface area contributed by atoms with Crippen molar-refractivity contribution in [3.05, 3.63) is 24.3 Å². The first-order chi connectivity index (χ1) is 12.3. The normalized spacial score (nSPS) is 25.4. The molecule has 0 unspecified atom stereocenters. The number of hydrogen-bond acceptors (Lipinski definition) is 4. The van der Waals surface area contributed by atoms with Crippen molar-refractivity contribution in [3.63, 3.8) is 0 Å². The van der Waals surface area contributed by atoms with Crippen molar-refractivity contribution in [1.29, 1.82) is 0 Å². The fraction of sp³-hybridized carbons (Fsp3) is 0.667. The van der Waals surface area contributed by atoms with Gasteiger partial charge in [-0.05, 0) is 55.9 Å². The van der Waals surface area contributed by atoms with E-state index in [1.54, 1.807) is 0 Å². The summed E-state index contributed by atoms with van der Waals surface area (Å²) in [6.07, 6.45) is 7.83. The summed E-state index contributed by atoms with van der Waals surface area (Å²) >= 11 is 0. The lowest BCUT2D eigenvalue weighted by Crippen LogP contribution is -2.41. The van der Waals surface area contributed by atoms with Crippen molar-refractivity contribution in [2.45, 2.75) is 80.2 Å². The van der Waals surface area contributed by atoms with Crippen LogP contribution in [0.1, 0.15) is 58.3 Å². The van der Waals surface area contributed by atoms with Crippen molar-refractivity contribution in [3.8, 4) is 0 Å². The van der Waals surface area contributed by atoms with E-state index < -0.39 is 20.0 Å². The Morgan fingerprint density at radius 2 is 1.19 bits per heavy atom. The standard InChI is InChI=1S/C18H28N2O4S2/c1-14-6-2-5-9-18(14)20-26(23,24)17-12-10-16(11-13-17)25(21,22)19-15-7-3-4-8-15/h10-15,18-20H,2-9H2,1H3/t14-,18-/m0/s1. The van der Waals surface area contributed by atoms with Crippen molar-refractivity contribution >= 4 is 20.0 Å². The molecule has 6 nitrogen and oxygen atoms in total. The first-order valence-corrected chi connectivity index (χ1v) is 12.4. The molecule has 2 aliphatic carbocycles. The van der Waals surface area contributed by atoms with Gasteiger partial charge in [-0.2, -0.15) is 0 Å². The largest absolute Gasteiger partial charge is 0.240 e. The number of hydrogen-bond donors (Lipinski definition) is 2. The maximum absolute atomic E-state index is 12.6. The molecule has 0 radical (unpaired) electrons. The summed E-state index contributed by atoms with van der Waals surface area (Å²) in [7, 11) is -7.25. The first kappa shape index (κ1) is 19.8. The molecule has 2 N–H and O–H groups in total. The van der Waals surface area contributed by atoms with E-state index in [1.165, 1.54) is 24.3 Å². The van der Waals surface area contributed by atoms with Crippen LogP contribution in [0.15, 0.2) is 34.1 Å². The molecule has 0 spiro atoms. The van der Waals surface area contributed by atoms with Gasteiger partial charge in [0.25, 0.3) is 0 Å². The summed E-state index contributed by atoms with van der Waals surface area (Å²) < 4.78 is 55.6. The molecule has 8 heteroatoms. The molecule has 0 aliphatic heterocycles. The molecule has 1 aromatic carbocycles. The monoisotopic (exact) mass is 400 g/mol. The SMILES string of the molecule is C[C@H]1CCCC[C@@H]1NS(=O)(=O)c1ccc(S(=O)(=O)NC2CCCC2)cc1. The Hall–Kier alpha value is -0.960. The van der Waals surface area contributed by atoms with Gasteiger partial charge in [0.15, 0.2) is 0 Å². The zero-order chi connectivity index (χ0) is 18.8. The quantitative estimate of drug-likeness (QED) is 0.768. The van der Waals surface area contributed by atoms with E-state index in [4.69, 9.17) is 0 Å². The van der Waals surface area contributed by atoms with Gasteiger partial charge in [-0.1, -0.05) is 32.6 Å². The minimum Gasteiger partial charge on any atom is -0.208 e. The highest BCUT2D eigenvalue weighted by Gasteiger charge is 2.27. The number of nitrogens with one attached hydrogen (secondary N) is 2. The van der Waals surface area contributed by atoms with Crippen molar-refractivity contribution in [2.75, 3.05) is 0 Å². The van der Waals surface area contributed by atoms with Gasteiger partial charge in [0.05, 0.1) is 9.79 Å². The minimum absolute atomic E-state index is 0.0159. The first-order valence-electron chi connectivity index (χ1n) is 9.43. The second-order valence-electron chi connectivity index (χ2n) is 7.56. The summed E-state index contributed by atoms with van der Waals surface area (Å²) in [6, 6.07) is 5.42. The van der Waals surface area contributed by atoms with Gasteiger partial charge in [-0.15, -0.1) is 0 Å². The van der Waals surface area contributed by atoms with Gasteiger partial charge >= 0.3 is 0 Å². The highest BCUT2D eigenvalue weighted by molar-refractivity contribution is 7.90. The maximum atomic E-state index is 12.6. The average Bonchev–Trinajstić information content (AvgIpc) is 3.09. The highest BCUT2D eigenvalue weighted by Crippen LogP contribution is 2.26. The number of rotatable bonds is 6. The smallest absolute Gasteiger partial charge is 0.208 e. The van der Waals surface area contributed by atoms with Gasteiger partial charge in [0.1, 0.15) is 0 Å². The second kappa shape index (κ2) is 7.96. The van der Waals surface area contributed by atoms with E-state index in [0.29, 0.717) is 5.92 Å². The Morgan fingerprint density at radius 1 is 0.731 bits per heavy atom. The lowest BCUT2D eigenvalue weighted by Gasteiger charge is -2.29. The molecule has 3 rings (SSSR count). The van der Waals surface area contributed by atoms with Crippen LogP contribution >= 0.6 is 0 Å². The molecule has 0 saturated heterocycles. The summed E-state index contributed by atoms with van der Waals surface area (Å²) in [6.45, 7) is 2.07. The third-order valence-electron chi connectivity index (χ3n) is 5.54. The Labute approximate surface area is 156 Å². The van der Waals surface area contributed by atoms with Gasteiger partial charge in [-0.25, -0.2) is 26.3 Å². The fourth-order valence-corrected chi connectivity index (χ4v) is 6.57. The summed E-state index contributed by atoms with van der Waals surface area (Å²) in [5, 5.41) is 0. The molecule has 26 heavy (non-hydrogen) atoms. The minimum atomic E-state index is -3.64. The topological polar surface area (TPSA) is 92.3 Å². The Bertz CT molecular complexity index is 813. The maximum Gasteiger partial charge on any atom is 0.240 e. The van der Waals surface area contributed by atoms with Crippen LogP contribution in [0.4, 0.5) is 0 Å². The summed E-state index contributed by atoms with van der Waals surface area (Å²) in [5.74, 6) is 0.314. The zero-order valence-corrected chi connectivity index (χ0v) is 16.8. The molecular weight excluding hydrogens is 372 g/mol.